The quantitative estimate of drug-likeness (QED) is 0.290. The third-order valence-electron chi connectivity index (χ3n) is 4.99. The summed E-state index contributed by atoms with van der Waals surface area (Å²) in [5.74, 6) is 0.451. The zero-order chi connectivity index (χ0) is 23.4. The summed E-state index contributed by atoms with van der Waals surface area (Å²) in [6.07, 6.45) is 0.541. The predicted molar refractivity (Wildman–Crippen MR) is 128 cm³/mol. The van der Waals surface area contributed by atoms with Crippen LogP contribution in [0.4, 0.5) is 16.2 Å². The number of anilines is 2. The van der Waals surface area contributed by atoms with Crippen molar-refractivity contribution in [2.75, 3.05) is 10.6 Å². The van der Waals surface area contributed by atoms with Crippen LogP contribution in [0.1, 0.15) is 24.2 Å². The minimum atomic E-state index is -1.15. The summed E-state index contributed by atoms with van der Waals surface area (Å²) in [7, 11) is 0. The van der Waals surface area contributed by atoms with Gasteiger partial charge in [0, 0.05) is 34.6 Å². The highest BCUT2D eigenvalue weighted by molar-refractivity contribution is 6.32. The van der Waals surface area contributed by atoms with Crippen LogP contribution in [0.5, 0.6) is 5.75 Å². The lowest BCUT2D eigenvalue weighted by Crippen LogP contribution is -2.19. The number of nitrogens with one attached hydrogen (secondary N) is 3. The molecule has 168 valence electrons. The molecule has 4 aromatic rings. The number of hydrogen-bond acceptors (Lipinski definition) is 5. The molecule has 0 spiro atoms. The van der Waals surface area contributed by atoms with Crippen molar-refractivity contribution in [1.82, 2.24) is 9.97 Å². The standard InChI is InChI=1S/C24H21ClN4O4/c1-14(27-16-6-4-7-17(11-16)28-24(31)32)19-9-15-10-20(25)22(12-21(15)29-23(19)30)33-13-18-5-2-3-8-26-18/h2-12,14,27-28H,13H2,1H3,(H,29,30)(H,31,32). The number of hydrogen-bond donors (Lipinski definition) is 4. The molecule has 1 unspecified atom stereocenters. The van der Waals surface area contributed by atoms with Gasteiger partial charge in [0.25, 0.3) is 5.56 Å². The maximum Gasteiger partial charge on any atom is 0.409 e. The van der Waals surface area contributed by atoms with E-state index in [1.165, 1.54) is 0 Å². The summed E-state index contributed by atoms with van der Waals surface area (Å²) >= 11 is 6.42. The van der Waals surface area contributed by atoms with E-state index in [9.17, 15) is 9.59 Å². The van der Waals surface area contributed by atoms with Crippen molar-refractivity contribution in [3.63, 3.8) is 0 Å². The highest BCUT2D eigenvalue weighted by Gasteiger charge is 2.14. The highest BCUT2D eigenvalue weighted by Crippen LogP contribution is 2.30. The summed E-state index contributed by atoms with van der Waals surface area (Å²) in [5, 5.41) is 15.6. The monoisotopic (exact) mass is 464 g/mol. The van der Waals surface area contributed by atoms with E-state index in [-0.39, 0.29) is 18.2 Å². The Balaban J connectivity index is 1.56. The highest BCUT2D eigenvalue weighted by atomic mass is 35.5. The van der Waals surface area contributed by atoms with Gasteiger partial charge in [0.05, 0.1) is 22.3 Å². The maximum absolute atomic E-state index is 12.8. The lowest BCUT2D eigenvalue weighted by Gasteiger charge is -2.17. The number of carboxylic acid groups (broad SMARTS) is 1. The summed E-state index contributed by atoms with van der Waals surface area (Å²) in [5.41, 5.74) is 2.73. The van der Waals surface area contributed by atoms with E-state index in [2.05, 4.69) is 20.6 Å². The molecule has 2 aromatic carbocycles. The SMILES string of the molecule is CC(Nc1cccc(NC(=O)O)c1)c1cc2cc(Cl)c(OCc3ccccn3)cc2[nH]c1=O. The topological polar surface area (TPSA) is 116 Å². The second-order valence-electron chi connectivity index (χ2n) is 7.41. The van der Waals surface area contributed by atoms with Crippen LogP contribution in [-0.2, 0) is 6.61 Å². The Morgan fingerprint density at radius 3 is 2.73 bits per heavy atom. The smallest absolute Gasteiger partial charge is 0.409 e. The number of halogens is 1. The van der Waals surface area contributed by atoms with Crippen LogP contribution in [0, 0.1) is 0 Å². The zero-order valence-corrected chi connectivity index (χ0v) is 18.4. The largest absolute Gasteiger partial charge is 0.486 e. The number of pyridine rings is 2. The minimum absolute atomic E-state index is 0.250. The van der Waals surface area contributed by atoms with Gasteiger partial charge >= 0.3 is 6.09 Å². The number of carbonyl (C=O) groups is 1. The van der Waals surface area contributed by atoms with Gasteiger partial charge in [-0.25, -0.2) is 4.79 Å². The lowest BCUT2D eigenvalue weighted by atomic mass is 10.1. The Bertz CT molecular complexity index is 1360. The summed E-state index contributed by atoms with van der Waals surface area (Å²) in [6, 6.07) is 17.2. The van der Waals surface area contributed by atoms with Gasteiger partial charge in [-0.2, -0.15) is 0 Å². The number of benzene rings is 2. The van der Waals surface area contributed by atoms with Crippen molar-refractivity contribution in [2.24, 2.45) is 0 Å². The Labute approximate surface area is 194 Å². The molecule has 4 rings (SSSR count). The average Bonchev–Trinajstić information content (AvgIpc) is 2.78. The Morgan fingerprint density at radius 2 is 1.97 bits per heavy atom. The molecular formula is C24H21ClN4O4. The predicted octanol–water partition coefficient (Wildman–Crippen LogP) is 5.42. The van der Waals surface area contributed by atoms with E-state index in [1.807, 2.05) is 25.1 Å². The molecule has 4 N–H and O–H groups in total. The van der Waals surface area contributed by atoms with Gasteiger partial charge in [-0.15, -0.1) is 0 Å². The number of H-pyrrole nitrogens is 1. The van der Waals surface area contributed by atoms with E-state index in [4.69, 9.17) is 21.4 Å². The van der Waals surface area contributed by atoms with Crippen LogP contribution in [0.25, 0.3) is 10.9 Å². The molecule has 0 saturated carbocycles. The van der Waals surface area contributed by atoms with Gasteiger partial charge < -0.3 is 20.1 Å². The van der Waals surface area contributed by atoms with Crippen molar-refractivity contribution in [3.05, 3.63) is 93.5 Å². The molecule has 8 nitrogen and oxygen atoms in total. The Hall–Kier alpha value is -4.04. The second kappa shape index (κ2) is 9.62. The number of rotatable bonds is 7. The van der Waals surface area contributed by atoms with Crippen molar-refractivity contribution in [1.29, 1.82) is 0 Å². The van der Waals surface area contributed by atoms with Gasteiger partial charge in [0.2, 0.25) is 0 Å². The van der Waals surface area contributed by atoms with Gasteiger partial charge in [0.15, 0.2) is 0 Å². The molecular weight excluding hydrogens is 444 g/mol. The van der Waals surface area contributed by atoms with Crippen molar-refractivity contribution < 1.29 is 14.6 Å². The summed E-state index contributed by atoms with van der Waals surface area (Å²) in [4.78, 5) is 30.7. The van der Waals surface area contributed by atoms with Crippen molar-refractivity contribution in [2.45, 2.75) is 19.6 Å². The van der Waals surface area contributed by atoms with Gasteiger partial charge in [-0.05, 0) is 49.4 Å². The normalized spacial score (nSPS) is 11.7. The molecule has 1 atom stereocenters. The van der Waals surface area contributed by atoms with E-state index < -0.39 is 6.09 Å². The van der Waals surface area contributed by atoms with Gasteiger partial charge in [-0.3, -0.25) is 15.1 Å². The molecule has 2 heterocycles. The zero-order valence-electron chi connectivity index (χ0n) is 17.6. The molecule has 9 heteroatoms. The molecule has 0 bridgehead atoms. The molecule has 0 saturated heterocycles. The third-order valence-corrected chi connectivity index (χ3v) is 5.29. The number of ether oxygens (including phenoxy) is 1. The fourth-order valence-corrected chi connectivity index (χ4v) is 3.66. The van der Waals surface area contributed by atoms with Crippen LogP contribution in [0.15, 0.2) is 71.7 Å². The molecule has 0 aliphatic rings. The Kier molecular flexibility index (Phi) is 6.46. The van der Waals surface area contributed by atoms with Crippen LogP contribution < -0.4 is 20.9 Å². The molecule has 2 aromatic heterocycles. The Morgan fingerprint density at radius 1 is 1.15 bits per heavy atom. The first-order valence-corrected chi connectivity index (χ1v) is 10.5. The molecule has 0 radical (unpaired) electrons. The molecule has 33 heavy (non-hydrogen) atoms. The first-order chi connectivity index (χ1) is 15.9. The first-order valence-electron chi connectivity index (χ1n) is 10.1. The van der Waals surface area contributed by atoms with Crippen LogP contribution in [-0.4, -0.2) is 21.2 Å². The fraction of sp³-hybridized carbons (Fsp3) is 0.125. The van der Waals surface area contributed by atoms with E-state index in [0.717, 1.165) is 11.1 Å². The number of amides is 1. The second-order valence-corrected chi connectivity index (χ2v) is 7.82. The fourth-order valence-electron chi connectivity index (χ4n) is 3.43. The molecule has 0 aliphatic heterocycles. The first kappa shape index (κ1) is 22.2. The summed E-state index contributed by atoms with van der Waals surface area (Å²) < 4.78 is 5.79. The van der Waals surface area contributed by atoms with E-state index in [0.29, 0.717) is 33.2 Å². The van der Waals surface area contributed by atoms with E-state index in [1.54, 1.807) is 48.7 Å². The van der Waals surface area contributed by atoms with Crippen LogP contribution >= 0.6 is 11.6 Å². The number of nitrogens with zero attached hydrogens (tertiary/aromatic N) is 1. The molecule has 1 amide bonds. The van der Waals surface area contributed by atoms with Crippen LogP contribution in [0.3, 0.4) is 0 Å². The maximum atomic E-state index is 12.8. The van der Waals surface area contributed by atoms with Gasteiger partial charge in [-0.1, -0.05) is 23.7 Å². The van der Waals surface area contributed by atoms with E-state index >= 15 is 0 Å². The molecule has 0 fully saturated rings. The number of fused-ring (bicyclic) bond motifs is 1. The third kappa shape index (κ3) is 5.42. The average molecular weight is 465 g/mol. The number of aromatic nitrogens is 2. The minimum Gasteiger partial charge on any atom is -0.486 e. The van der Waals surface area contributed by atoms with Gasteiger partial charge in [0.1, 0.15) is 12.4 Å². The van der Waals surface area contributed by atoms with Crippen LogP contribution in [0.2, 0.25) is 5.02 Å². The van der Waals surface area contributed by atoms with Crippen molar-refractivity contribution >= 4 is 40.0 Å². The molecule has 0 aliphatic carbocycles. The lowest BCUT2D eigenvalue weighted by molar-refractivity contribution is 0.210. The number of aromatic amines is 1. The van der Waals surface area contributed by atoms with Crippen molar-refractivity contribution in [3.8, 4) is 5.75 Å². The summed E-state index contributed by atoms with van der Waals surface area (Å²) in [6.45, 7) is 2.10.